The van der Waals surface area contributed by atoms with Crippen LogP contribution < -0.4 is 0 Å². The second-order valence-corrected chi connectivity index (χ2v) is 8.90. The zero-order chi connectivity index (χ0) is 17.4. The number of rotatable bonds is 10. The Hall–Kier alpha value is -0.910. The molecule has 130 valence electrons. The van der Waals surface area contributed by atoms with E-state index in [1.54, 1.807) is 11.3 Å². The number of hydrogen-bond acceptors (Lipinski definition) is 5. The third-order valence-electron chi connectivity index (χ3n) is 4.21. The molecule has 2 heterocycles. The molecule has 0 radical (unpaired) electrons. The SMILES string of the molecule is CCCCC(CC)Cc1ccc(/C(=C\SC=N)c2ncsc2C)s1. The number of nitrogens with zero attached hydrogens (tertiary/aromatic N) is 1. The lowest BCUT2D eigenvalue weighted by atomic mass is 9.95. The maximum absolute atomic E-state index is 7.30. The van der Waals surface area contributed by atoms with E-state index < -0.39 is 0 Å². The second-order valence-electron chi connectivity index (χ2n) is 5.93. The summed E-state index contributed by atoms with van der Waals surface area (Å²) in [6.07, 6.45) is 6.38. The quantitative estimate of drug-likeness (QED) is 0.357. The number of hydrogen-bond donors (Lipinski definition) is 1. The summed E-state index contributed by atoms with van der Waals surface area (Å²) in [6.45, 7) is 6.69. The standard InChI is InChI=1S/C19H26N2S3/c1-4-6-7-15(5-2)10-16-8-9-18(24-16)17(11-22-12-20)19-14(3)23-13-21-19/h8-9,11-13,15,20H,4-7,10H2,1-3H3/b17-11+,20-12?. The van der Waals surface area contributed by atoms with E-state index in [1.165, 1.54) is 64.0 Å². The van der Waals surface area contributed by atoms with Crippen LogP contribution in [0.1, 0.15) is 59.9 Å². The van der Waals surface area contributed by atoms with E-state index in [2.05, 4.69) is 43.3 Å². The predicted molar refractivity (Wildman–Crippen MR) is 112 cm³/mol. The molecule has 1 atom stereocenters. The molecule has 0 amide bonds. The van der Waals surface area contributed by atoms with Crippen molar-refractivity contribution in [1.29, 1.82) is 5.41 Å². The van der Waals surface area contributed by atoms with Crippen LogP contribution in [0, 0.1) is 18.3 Å². The van der Waals surface area contributed by atoms with E-state index in [0.29, 0.717) is 0 Å². The first-order valence-electron chi connectivity index (χ1n) is 8.53. The molecule has 0 aliphatic carbocycles. The average Bonchev–Trinajstić information content (AvgIpc) is 3.22. The van der Waals surface area contributed by atoms with Gasteiger partial charge in [-0.1, -0.05) is 51.3 Å². The molecule has 2 rings (SSSR count). The molecule has 1 N–H and O–H groups in total. The molecule has 0 aliphatic rings. The van der Waals surface area contributed by atoms with Crippen LogP contribution >= 0.6 is 34.4 Å². The normalized spacial score (nSPS) is 13.2. The van der Waals surface area contributed by atoms with Crippen molar-refractivity contribution in [3.63, 3.8) is 0 Å². The second kappa shape index (κ2) is 10.2. The number of thiazole rings is 1. The first-order chi connectivity index (χ1) is 11.7. The van der Waals surface area contributed by atoms with Crippen LogP contribution in [-0.2, 0) is 6.42 Å². The lowest BCUT2D eigenvalue weighted by molar-refractivity contribution is 0.452. The number of unbranched alkanes of at least 4 members (excludes halogenated alkanes) is 1. The van der Waals surface area contributed by atoms with E-state index >= 15 is 0 Å². The number of thioether (sulfide) groups is 1. The van der Waals surface area contributed by atoms with Crippen molar-refractivity contribution in [1.82, 2.24) is 4.98 Å². The summed E-state index contributed by atoms with van der Waals surface area (Å²) < 4.78 is 0. The zero-order valence-electron chi connectivity index (χ0n) is 14.7. The van der Waals surface area contributed by atoms with Gasteiger partial charge in [-0.25, -0.2) is 4.98 Å². The molecule has 1 unspecified atom stereocenters. The third kappa shape index (κ3) is 5.30. The highest BCUT2D eigenvalue weighted by molar-refractivity contribution is 8.14. The van der Waals surface area contributed by atoms with Crippen molar-refractivity contribution in [2.45, 2.75) is 52.9 Å². The van der Waals surface area contributed by atoms with E-state index in [9.17, 15) is 0 Å². The monoisotopic (exact) mass is 378 g/mol. The molecule has 24 heavy (non-hydrogen) atoms. The minimum Gasteiger partial charge on any atom is -0.302 e. The van der Waals surface area contributed by atoms with Gasteiger partial charge in [0.15, 0.2) is 0 Å². The van der Waals surface area contributed by atoms with Gasteiger partial charge in [0.05, 0.1) is 16.8 Å². The van der Waals surface area contributed by atoms with Gasteiger partial charge < -0.3 is 5.41 Å². The van der Waals surface area contributed by atoms with Crippen molar-refractivity contribution in [2.75, 3.05) is 0 Å². The van der Waals surface area contributed by atoms with Gasteiger partial charge in [-0.15, -0.1) is 22.7 Å². The van der Waals surface area contributed by atoms with Crippen LogP contribution in [0.3, 0.4) is 0 Å². The van der Waals surface area contributed by atoms with Gasteiger partial charge in [0.2, 0.25) is 0 Å². The summed E-state index contributed by atoms with van der Waals surface area (Å²) >= 11 is 4.97. The Morgan fingerprint density at radius 2 is 2.21 bits per heavy atom. The molecule has 2 aromatic heterocycles. The highest BCUT2D eigenvalue weighted by atomic mass is 32.2. The molecule has 0 aromatic carbocycles. The fourth-order valence-corrected chi connectivity index (χ4v) is 5.00. The van der Waals surface area contributed by atoms with Crippen molar-refractivity contribution < 1.29 is 0 Å². The fourth-order valence-electron chi connectivity index (χ4n) is 2.76. The molecule has 0 saturated heterocycles. The summed E-state index contributed by atoms with van der Waals surface area (Å²) in [6, 6.07) is 4.50. The molecule has 0 aliphatic heterocycles. The van der Waals surface area contributed by atoms with Crippen LogP contribution in [0.25, 0.3) is 5.57 Å². The lowest BCUT2D eigenvalue weighted by Gasteiger charge is -2.12. The van der Waals surface area contributed by atoms with Gasteiger partial charge in [0.25, 0.3) is 0 Å². The number of thiophene rings is 1. The fraction of sp³-hybridized carbons (Fsp3) is 0.474. The van der Waals surface area contributed by atoms with Crippen molar-refractivity contribution in [2.24, 2.45) is 5.92 Å². The molecule has 2 nitrogen and oxygen atoms in total. The largest absolute Gasteiger partial charge is 0.302 e. The Morgan fingerprint density at radius 1 is 1.38 bits per heavy atom. The molecule has 2 aromatic rings. The minimum atomic E-state index is 0.792. The Bertz CT molecular complexity index is 670. The molecule has 0 fully saturated rings. The Labute approximate surface area is 157 Å². The summed E-state index contributed by atoms with van der Waals surface area (Å²) in [7, 11) is 0. The van der Waals surface area contributed by atoms with Crippen molar-refractivity contribution in [3.05, 3.63) is 43.4 Å². The highest BCUT2D eigenvalue weighted by Crippen LogP contribution is 2.34. The van der Waals surface area contributed by atoms with E-state index in [0.717, 1.165) is 17.2 Å². The van der Waals surface area contributed by atoms with Gasteiger partial charge in [-0.3, -0.25) is 0 Å². The third-order valence-corrected chi connectivity index (χ3v) is 6.62. The Morgan fingerprint density at radius 3 is 2.83 bits per heavy atom. The van der Waals surface area contributed by atoms with Crippen LogP contribution in [0.2, 0.25) is 0 Å². The number of nitrogens with one attached hydrogen (secondary N) is 1. The van der Waals surface area contributed by atoms with Crippen molar-refractivity contribution in [3.8, 4) is 0 Å². The zero-order valence-corrected chi connectivity index (χ0v) is 17.1. The predicted octanol–water partition coefficient (Wildman–Crippen LogP) is 7.00. The number of aryl methyl sites for hydroxylation is 1. The smallest absolute Gasteiger partial charge is 0.0859 e. The van der Waals surface area contributed by atoms with Crippen molar-refractivity contribution >= 4 is 45.6 Å². The topological polar surface area (TPSA) is 36.7 Å². The van der Waals surface area contributed by atoms with Gasteiger partial charge in [-0.05, 0) is 36.8 Å². The lowest BCUT2D eigenvalue weighted by Crippen LogP contribution is -2.01. The maximum Gasteiger partial charge on any atom is 0.0859 e. The summed E-state index contributed by atoms with van der Waals surface area (Å²) in [4.78, 5) is 8.50. The van der Waals surface area contributed by atoms with E-state index in [4.69, 9.17) is 5.41 Å². The Balaban J connectivity index is 2.19. The molecule has 5 heteroatoms. The van der Waals surface area contributed by atoms with Gasteiger partial charge in [0.1, 0.15) is 0 Å². The maximum atomic E-state index is 7.30. The molecular weight excluding hydrogens is 352 g/mol. The van der Waals surface area contributed by atoms with Gasteiger partial charge >= 0.3 is 0 Å². The Kier molecular flexibility index (Phi) is 8.22. The summed E-state index contributed by atoms with van der Waals surface area (Å²) in [5.41, 5.74) is 5.48. The van der Waals surface area contributed by atoms with Crippen LogP contribution in [0.15, 0.2) is 23.1 Å². The summed E-state index contributed by atoms with van der Waals surface area (Å²) in [5.74, 6) is 0.792. The molecule has 0 bridgehead atoms. The van der Waals surface area contributed by atoms with Crippen LogP contribution in [0.5, 0.6) is 0 Å². The summed E-state index contributed by atoms with van der Waals surface area (Å²) in [5, 5.41) is 9.36. The first-order valence-corrected chi connectivity index (χ1v) is 11.2. The first kappa shape index (κ1) is 19.4. The average molecular weight is 379 g/mol. The van der Waals surface area contributed by atoms with E-state index in [-0.39, 0.29) is 0 Å². The minimum absolute atomic E-state index is 0.792. The number of aromatic nitrogens is 1. The van der Waals surface area contributed by atoms with Crippen LogP contribution in [-0.4, -0.2) is 10.5 Å². The molecular formula is C19H26N2S3. The molecule has 0 spiro atoms. The highest BCUT2D eigenvalue weighted by Gasteiger charge is 2.15. The van der Waals surface area contributed by atoms with Gasteiger partial charge in [-0.2, -0.15) is 0 Å². The van der Waals surface area contributed by atoms with Crippen LogP contribution in [0.4, 0.5) is 0 Å². The van der Waals surface area contributed by atoms with Gasteiger partial charge in [0, 0.05) is 20.2 Å². The van der Waals surface area contributed by atoms with E-state index in [1.807, 2.05) is 16.8 Å². The molecule has 0 saturated carbocycles.